The highest BCUT2D eigenvalue weighted by molar-refractivity contribution is 6.32. The maximum absolute atomic E-state index is 10.9. The highest BCUT2D eigenvalue weighted by atomic mass is 35.5. The second-order valence-corrected chi connectivity index (χ2v) is 2.53. The zero-order chi connectivity index (χ0) is 10.0. The molecule has 0 saturated heterocycles. The maximum Gasteiger partial charge on any atom is 0.417 e. The van der Waals surface area contributed by atoms with Crippen LogP contribution in [0.2, 0.25) is 5.02 Å². The van der Waals surface area contributed by atoms with Gasteiger partial charge in [-0.1, -0.05) is 11.6 Å². The van der Waals surface area contributed by atoms with Crippen LogP contribution in [0.4, 0.5) is 10.5 Å². The standard InChI is InChI=1S/C6H5ClN2O4/c1-13-6(10)8-2-4(7)5(3-8)9(11)12/h2-3H,1H3. The minimum absolute atomic E-state index is 0.101. The molecule has 13 heavy (non-hydrogen) atoms. The zero-order valence-electron chi connectivity index (χ0n) is 6.56. The fourth-order valence-electron chi connectivity index (χ4n) is 0.764. The van der Waals surface area contributed by atoms with Gasteiger partial charge in [0.2, 0.25) is 0 Å². The number of carbonyl (C=O) groups excluding carboxylic acids is 1. The first kappa shape index (κ1) is 9.53. The average molecular weight is 205 g/mol. The third-order valence-electron chi connectivity index (χ3n) is 1.34. The Morgan fingerprint density at radius 2 is 2.31 bits per heavy atom. The van der Waals surface area contributed by atoms with Gasteiger partial charge in [0, 0.05) is 6.20 Å². The molecule has 7 heteroatoms. The van der Waals surface area contributed by atoms with Crippen molar-refractivity contribution in [2.45, 2.75) is 0 Å². The summed E-state index contributed by atoms with van der Waals surface area (Å²) < 4.78 is 5.23. The smallest absolute Gasteiger partial charge is 0.417 e. The molecule has 0 amide bonds. The van der Waals surface area contributed by atoms with Gasteiger partial charge in [-0.25, -0.2) is 4.79 Å². The van der Waals surface area contributed by atoms with Gasteiger partial charge in [0.05, 0.1) is 18.2 Å². The number of rotatable bonds is 1. The average Bonchev–Trinajstić information content (AvgIpc) is 2.46. The third kappa shape index (κ3) is 1.78. The quantitative estimate of drug-likeness (QED) is 0.515. The minimum Gasteiger partial charge on any atom is -0.452 e. The van der Waals surface area contributed by atoms with Gasteiger partial charge in [0.1, 0.15) is 5.02 Å². The van der Waals surface area contributed by atoms with Gasteiger partial charge in [0.25, 0.3) is 0 Å². The van der Waals surface area contributed by atoms with Crippen LogP contribution in [0.1, 0.15) is 0 Å². The van der Waals surface area contributed by atoms with Crippen LogP contribution in [0, 0.1) is 10.1 Å². The lowest BCUT2D eigenvalue weighted by molar-refractivity contribution is -0.384. The summed E-state index contributed by atoms with van der Waals surface area (Å²) in [7, 11) is 1.17. The monoisotopic (exact) mass is 204 g/mol. The third-order valence-corrected chi connectivity index (χ3v) is 1.63. The minimum atomic E-state index is -0.727. The molecular formula is C6H5ClN2O4. The molecule has 0 fully saturated rings. The molecule has 0 unspecified atom stereocenters. The lowest BCUT2D eigenvalue weighted by Gasteiger charge is -1.95. The SMILES string of the molecule is COC(=O)n1cc(Cl)c([N+](=O)[O-])c1. The molecule has 1 aromatic heterocycles. The maximum atomic E-state index is 10.9. The molecule has 6 nitrogen and oxygen atoms in total. The first-order valence-electron chi connectivity index (χ1n) is 3.16. The predicted octanol–water partition coefficient (Wildman–Crippen LogP) is 1.66. The molecule has 0 spiro atoms. The van der Waals surface area contributed by atoms with Gasteiger partial charge in [-0.3, -0.25) is 14.7 Å². The molecule has 0 aromatic carbocycles. The first-order valence-corrected chi connectivity index (χ1v) is 3.54. The van der Waals surface area contributed by atoms with Crippen LogP contribution in [-0.2, 0) is 4.74 Å². The van der Waals surface area contributed by atoms with Crippen LogP contribution in [0.3, 0.4) is 0 Å². The molecule has 0 radical (unpaired) electrons. The Hall–Kier alpha value is -1.56. The normalized spacial score (nSPS) is 9.69. The van der Waals surface area contributed by atoms with E-state index >= 15 is 0 Å². The molecule has 0 atom stereocenters. The van der Waals surface area contributed by atoms with Crippen molar-refractivity contribution >= 4 is 23.4 Å². The van der Waals surface area contributed by atoms with Crippen LogP contribution in [0.5, 0.6) is 0 Å². The highest BCUT2D eigenvalue weighted by Gasteiger charge is 2.18. The summed E-state index contributed by atoms with van der Waals surface area (Å²) >= 11 is 5.47. The zero-order valence-corrected chi connectivity index (χ0v) is 7.32. The Balaban J connectivity index is 3.09. The second-order valence-electron chi connectivity index (χ2n) is 2.13. The number of carbonyl (C=O) groups is 1. The van der Waals surface area contributed by atoms with Gasteiger partial charge in [-0.05, 0) is 0 Å². The Bertz CT molecular complexity index is 360. The Kier molecular flexibility index (Phi) is 2.52. The Morgan fingerprint density at radius 3 is 2.69 bits per heavy atom. The van der Waals surface area contributed by atoms with E-state index in [0.717, 1.165) is 17.0 Å². The van der Waals surface area contributed by atoms with E-state index in [1.807, 2.05) is 0 Å². The summed E-state index contributed by atoms with van der Waals surface area (Å²) in [6.07, 6.45) is 1.38. The first-order chi connectivity index (χ1) is 6.06. The van der Waals surface area contributed by atoms with Crippen LogP contribution in [0.25, 0.3) is 0 Å². The molecule has 0 aliphatic heterocycles. The van der Waals surface area contributed by atoms with E-state index in [9.17, 15) is 14.9 Å². The summed E-state index contributed by atoms with van der Waals surface area (Å²) in [5, 5.41) is 10.2. The summed E-state index contributed by atoms with van der Waals surface area (Å²) in [6.45, 7) is 0. The summed E-state index contributed by atoms with van der Waals surface area (Å²) in [5.41, 5.74) is -0.327. The van der Waals surface area contributed by atoms with Crippen molar-refractivity contribution in [3.05, 3.63) is 27.5 Å². The van der Waals surface area contributed by atoms with Gasteiger partial charge in [-0.2, -0.15) is 0 Å². The van der Waals surface area contributed by atoms with Crippen molar-refractivity contribution in [1.82, 2.24) is 4.57 Å². The number of methoxy groups -OCH3 is 1. The highest BCUT2D eigenvalue weighted by Crippen LogP contribution is 2.24. The number of aromatic nitrogens is 1. The summed E-state index contributed by atoms with van der Waals surface area (Å²) in [6, 6.07) is 0. The van der Waals surface area contributed by atoms with E-state index < -0.39 is 11.0 Å². The topological polar surface area (TPSA) is 74.4 Å². The Morgan fingerprint density at radius 1 is 1.69 bits per heavy atom. The molecule has 1 rings (SSSR count). The molecule has 0 aliphatic rings. The lowest BCUT2D eigenvalue weighted by atomic mass is 10.5. The molecule has 1 heterocycles. The number of hydrogen-bond donors (Lipinski definition) is 0. The molecule has 70 valence electrons. The van der Waals surface area contributed by atoms with Crippen LogP contribution >= 0.6 is 11.6 Å². The van der Waals surface area contributed by atoms with E-state index in [0.29, 0.717) is 0 Å². The van der Waals surface area contributed by atoms with Crippen LogP contribution in [-0.4, -0.2) is 22.7 Å². The van der Waals surface area contributed by atoms with Crippen molar-refractivity contribution in [3.8, 4) is 0 Å². The lowest BCUT2D eigenvalue weighted by Crippen LogP contribution is -2.08. The fourth-order valence-corrected chi connectivity index (χ4v) is 0.987. The van der Waals surface area contributed by atoms with E-state index in [1.54, 1.807) is 0 Å². The number of hydrogen-bond acceptors (Lipinski definition) is 4. The largest absolute Gasteiger partial charge is 0.452 e. The number of nitrogens with zero attached hydrogens (tertiary/aromatic N) is 2. The molecular weight excluding hydrogens is 200 g/mol. The van der Waals surface area contributed by atoms with Crippen molar-refractivity contribution < 1.29 is 14.5 Å². The number of halogens is 1. The van der Waals surface area contributed by atoms with E-state index in [2.05, 4.69) is 4.74 Å². The van der Waals surface area contributed by atoms with Crippen LogP contribution in [0.15, 0.2) is 12.4 Å². The van der Waals surface area contributed by atoms with Gasteiger partial charge in [0.15, 0.2) is 0 Å². The fraction of sp³-hybridized carbons (Fsp3) is 0.167. The van der Waals surface area contributed by atoms with E-state index in [4.69, 9.17) is 11.6 Å². The van der Waals surface area contributed by atoms with Gasteiger partial charge in [-0.15, -0.1) is 0 Å². The second kappa shape index (κ2) is 3.44. The molecule has 0 saturated carbocycles. The number of ether oxygens (including phenoxy) is 1. The Labute approximate surface area is 77.8 Å². The summed E-state index contributed by atoms with van der Waals surface area (Å²) in [4.78, 5) is 20.5. The van der Waals surface area contributed by atoms with Gasteiger partial charge < -0.3 is 4.74 Å². The summed E-state index contributed by atoms with van der Waals surface area (Å²) in [5.74, 6) is 0. The number of nitro groups is 1. The predicted molar refractivity (Wildman–Crippen MR) is 43.9 cm³/mol. The molecule has 1 aromatic rings. The van der Waals surface area contributed by atoms with Crippen LogP contribution < -0.4 is 0 Å². The van der Waals surface area contributed by atoms with Crippen molar-refractivity contribution in [3.63, 3.8) is 0 Å². The molecule has 0 aliphatic carbocycles. The van der Waals surface area contributed by atoms with Crippen molar-refractivity contribution in [2.75, 3.05) is 7.11 Å². The van der Waals surface area contributed by atoms with Crippen molar-refractivity contribution in [2.24, 2.45) is 0 Å². The van der Waals surface area contributed by atoms with Crippen molar-refractivity contribution in [1.29, 1.82) is 0 Å². The molecule has 0 bridgehead atoms. The molecule has 0 N–H and O–H groups in total. The van der Waals surface area contributed by atoms with E-state index in [1.165, 1.54) is 7.11 Å². The van der Waals surface area contributed by atoms with Gasteiger partial charge >= 0.3 is 11.8 Å². The van der Waals surface area contributed by atoms with E-state index in [-0.39, 0.29) is 10.7 Å².